The molecule has 0 rings (SSSR count). The molecule has 0 saturated heterocycles. The molecule has 28 valence electrons. The van der Waals surface area contributed by atoms with E-state index in [-0.39, 0.29) is 43.1 Å². The van der Waals surface area contributed by atoms with E-state index in [4.69, 9.17) is 15.0 Å². The third kappa shape index (κ3) is 157. The van der Waals surface area contributed by atoms with Gasteiger partial charge in [-0.25, -0.2) is 4.79 Å². The molecule has 0 spiro atoms. The Hall–Kier alpha value is 0.620. The molecule has 0 unspecified atom stereocenters. The molecule has 0 aromatic heterocycles. The van der Waals surface area contributed by atoms with Gasteiger partial charge in [0.1, 0.15) is 0 Å². The molecular weight excluding hydrogens is 115 g/mol. The van der Waals surface area contributed by atoms with Crippen molar-refractivity contribution in [2.45, 2.75) is 0 Å². The molecule has 0 fully saturated rings. The summed E-state index contributed by atoms with van der Waals surface area (Å²) in [4.78, 5) is 8.56. The van der Waals surface area contributed by atoms with Crippen LogP contribution in [0.1, 0.15) is 0 Å². The van der Waals surface area contributed by atoms with Crippen LogP contribution in [0.25, 0.3) is 0 Å². The van der Waals surface area contributed by atoms with Crippen molar-refractivity contribution >= 4 is 19.7 Å². The van der Waals surface area contributed by atoms with E-state index in [0.717, 1.165) is 0 Å². The van der Waals surface area contributed by atoms with E-state index in [1.807, 2.05) is 0 Å². The standard InChI is InChI=1S/CH2O3.Na.S/c2-1(3)4;;/h(H2,2,3,4);;/q;+1;+2. The van der Waals surface area contributed by atoms with Crippen molar-refractivity contribution in [2.24, 2.45) is 0 Å². The summed E-state index contributed by atoms with van der Waals surface area (Å²) in [5, 5.41) is 13.9. The molecule has 0 atom stereocenters. The second-order valence-electron chi connectivity index (χ2n) is 0.283. The summed E-state index contributed by atoms with van der Waals surface area (Å²) in [7, 11) is 0. The van der Waals surface area contributed by atoms with Gasteiger partial charge in [-0.2, -0.15) is 0 Å². The summed E-state index contributed by atoms with van der Waals surface area (Å²) in [5.74, 6) is 0. The first-order valence-corrected chi connectivity index (χ1v) is 0.651. The van der Waals surface area contributed by atoms with Crippen molar-refractivity contribution in [3.63, 3.8) is 0 Å². The van der Waals surface area contributed by atoms with Crippen LogP contribution in [0.5, 0.6) is 0 Å². The Morgan fingerprint density at radius 3 is 1.33 bits per heavy atom. The molecule has 0 heterocycles. The minimum atomic E-state index is -1.83. The first-order chi connectivity index (χ1) is 1.73. The Labute approximate surface area is 64.1 Å². The molecule has 5 heteroatoms. The zero-order valence-corrected chi connectivity index (χ0v) is 6.03. The summed E-state index contributed by atoms with van der Waals surface area (Å²) >= 11 is 0. The van der Waals surface area contributed by atoms with Gasteiger partial charge in [0.2, 0.25) is 0 Å². The molecule has 0 amide bonds. The van der Waals surface area contributed by atoms with Gasteiger partial charge >= 0.3 is 49.2 Å². The Balaban J connectivity index is -0.0000000450. The number of carbonyl (C=O) groups is 1. The van der Waals surface area contributed by atoms with Gasteiger partial charge in [0.15, 0.2) is 0 Å². The monoisotopic (exact) mass is 117 g/mol. The van der Waals surface area contributed by atoms with Crippen LogP contribution in [-0.2, 0) is 13.5 Å². The third-order valence-electron chi connectivity index (χ3n) is 0. The predicted octanol–water partition coefficient (Wildman–Crippen LogP) is -2.78. The van der Waals surface area contributed by atoms with Crippen molar-refractivity contribution in [3.8, 4) is 0 Å². The van der Waals surface area contributed by atoms with Crippen LogP contribution in [0.15, 0.2) is 0 Å². The van der Waals surface area contributed by atoms with Gasteiger partial charge in [0.05, 0.1) is 0 Å². The molecular formula is CH2NaO3S+3. The normalized spacial score (nSPS) is 4.00. The van der Waals surface area contributed by atoms with Gasteiger partial charge in [-0.3, -0.25) is 0 Å². The molecule has 2 N–H and O–H groups in total. The van der Waals surface area contributed by atoms with Crippen LogP contribution in [0, 0.1) is 0 Å². The maximum atomic E-state index is 8.56. The Bertz CT molecular complexity index is 33.8. The average molecular weight is 117 g/mol. The van der Waals surface area contributed by atoms with E-state index in [2.05, 4.69) is 0 Å². The molecule has 0 aliphatic heterocycles. The van der Waals surface area contributed by atoms with Crippen molar-refractivity contribution in [3.05, 3.63) is 0 Å². The number of hydrogen-bond donors (Lipinski definition) is 2. The van der Waals surface area contributed by atoms with Gasteiger partial charge in [-0.05, 0) is 0 Å². The van der Waals surface area contributed by atoms with Crippen LogP contribution in [0.3, 0.4) is 0 Å². The molecule has 0 saturated carbocycles. The molecule has 0 aromatic rings. The van der Waals surface area contributed by atoms with Crippen LogP contribution >= 0.6 is 0 Å². The van der Waals surface area contributed by atoms with Gasteiger partial charge in [0, 0.05) is 0 Å². The van der Waals surface area contributed by atoms with E-state index in [1.165, 1.54) is 0 Å². The molecule has 0 aliphatic rings. The maximum Gasteiger partial charge on any atom is 2.00 e. The zero-order chi connectivity index (χ0) is 3.58. The summed E-state index contributed by atoms with van der Waals surface area (Å²) < 4.78 is 0. The minimum absolute atomic E-state index is 0. The van der Waals surface area contributed by atoms with Crippen LogP contribution in [0.4, 0.5) is 4.79 Å². The van der Waals surface area contributed by atoms with Crippen LogP contribution in [-0.4, -0.2) is 16.4 Å². The van der Waals surface area contributed by atoms with E-state index < -0.39 is 6.16 Å². The van der Waals surface area contributed by atoms with Gasteiger partial charge in [-0.15, -0.1) is 0 Å². The second kappa shape index (κ2) is 9.15. The van der Waals surface area contributed by atoms with Gasteiger partial charge in [-0.1, -0.05) is 0 Å². The summed E-state index contributed by atoms with van der Waals surface area (Å²) in [6.45, 7) is 0. The van der Waals surface area contributed by atoms with E-state index >= 15 is 0 Å². The van der Waals surface area contributed by atoms with Gasteiger partial charge in [0.25, 0.3) is 0 Å². The quantitative estimate of drug-likeness (QED) is 0.337. The zero-order valence-electron chi connectivity index (χ0n) is 3.21. The molecule has 4 radical (unpaired) electrons. The van der Waals surface area contributed by atoms with Crippen molar-refractivity contribution in [1.82, 2.24) is 0 Å². The summed E-state index contributed by atoms with van der Waals surface area (Å²) in [6, 6.07) is 0. The number of rotatable bonds is 0. The van der Waals surface area contributed by atoms with Crippen molar-refractivity contribution < 1.29 is 44.6 Å². The second-order valence-corrected chi connectivity index (χ2v) is 0.283. The van der Waals surface area contributed by atoms with E-state index in [9.17, 15) is 0 Å². The van der Waals surface area contributed by atoms with Crippen LogP contribution < -0.4 is 29.6 Å². The number of carboxylic acid groups (broad SMARTS) is 2. The SMILES string of the molecule is O=C(O)O.[Na+].[S+2]. The molecule has 3 nitrogen and oxygen atoms in total. The molecule has 0 bridgehead atoms. The summed E-state index contributed by atoms with van der Waals surface area (Å²) in [5.41, 5.74) is 0. The fourth-order valence-electron chi connectivity index (χ4n) is 0. The van der Waals surface area contributed by atoms with Crippen LogP contribution in [0.2, 0.25) is 0 Å². The van der Waals surface area contributed by atoms with E-state index in [1.54, 1.807) is 0 Å². The topological polar surface area (TPSA) is 57.5 Å². The Morgan fingerprint density at radius 2 is 1.33 bits per heavy atom. The van der Waals surface area contributed by atoms with Crippen molar-refractivity contribution in [2.75, 3.05) is 0 Å². The average Bonchev–Trinajstić information content (AvgIpc) is 0.811. The third-order valence-corrected chi connectivity index (χ3v) is 0. The molecule has 0 aliphatic carbocycles. The molecule has 0 aromatic carbocycles. The van der Waals surface area contributed by atoms with E-state index in [0.29, 0.717) is 0 Å². The Kier molecular flexibility index (Phi) is 24.3. The smallest absolute Gasteiger partial charge is 0.450 e. The van der Waals surface area contributed by atoms with Crippen molar-refractivity contribution in [1.29, 1.82) is 0 Å². The largest absolute Gasteiger partial charge is 2.00 e. The first kappa shape index (κ1) is 16.0. The first-order valence-electron chi connectivity index (χ1n) is 0.651. The summed E-state index contributed by atoms with van der Waals surface area (Å²) in [6.07, 6.45) is -1.83. The fourth-order valence-corrected chi connectivity index (χ4v) is 0. The van der Waals surface area contributed by atoms with Gasteiger partial charge < -0.3 is 10.2 Å². The maximum absolute atomic E-state index is 8.56. The number of hydrogen-bond acceptors (Lipinski definition) is 1. The fraction of sp³-hybridized carbons (Fsp3) is 0. The minimum Gasteiger partial charge on any atom is -0.450 e. The molecule has 6 heavy (non-hydrogen) atoms. The Morgan fingerprint density at radius 1 is 1.33 bits per heavy atom. The predicted molar refractivity (Wildman–Crippen MR) is 18.0 cm³/mol.